The minimum atomic E-state index is -0.645. The van der Waals surface area contributed by atoms with Gasteiger partial charge in [0, 0.05) is 24.2 Å². The molecule has 0 aliphatic heterocycles. The van der Waals surface area contributed by atoms with Crippen molar-refractivity contribution in [2.45, 2.75) is 12.3 Å². The van der Waals surface area contributed by atoms with Gasteiger partial charge in [-0.1, -0.05) is 60.7 Å². The highest BCUT2D eigenvalue weighted by Crippen LogP contribution is 2.27. The van der Waals surface area contributed by atoms with Gasteiger partial charge in [-0.3, -0.25) is 0 Å². The van der Waals surface area contributed by atoms with Gasteiger partial charge < -0.3 is 10.6 Å². The second kappa shape index (κ2) is 9.24. The van der Waals surface area contributed by atoms with Gasteiger partial charge in [0.2, 0.25) is 0 Å². The van der Waals surface area contributed by atoms with Gasteiger partial charge >= 0.3 is 0 Å². The van der Waals surface area contributed by atoms with E-state index >= 15 is 0 Å². The smallest absolute Gasteiger partial charge is 0.170 e. The van der Waals surface area contributed by atoms with Crippen molar-refractivity contribution in [1.82, 2.24) is 5.32 Å². The Morgan fingerprint density at radius 3 is 1.85 bits per heavy atom. The van der Waals surface area contributed by atoms with Crippen LogP contribution in [0.25, 0.3) is 0 Å². The van der Waals surface area contributed by atoms with Crippen molar-refractivity contribution in [3.8, 4) is 0 Å². The van der Waals surface area contributed by atoms with Gasteiger partial charge in [0.15, 0.2) is 5.11 Å². The number of nitrogens with one attached hydrogen (secondary N) is 2. The van der Waals surface area contributed by atoms with Crippen molar-refractivity contribution in [3.63, 3.8) is 0 Å². The first-order valence-electron chi connectivity index (χ1n) is 8.72. The van der Waals surface area contributed by atoms with Crippen LogP contribution in [0.5, 0.6) is 0 Å². The topological polar surface area (TPSA) is 24.1 Å². The maximum atomic E-state index is 13.3. The van der Waals surface area contributed by atoms with E-state index in [0.29, 0.717) is 11.7 Å². The number of anilines is 1. The zero-order valence-electron chi connectivity index (χ0n) is 14.7. The Balaban J connectivity index is 1.61. The summed E-state index contributed by atoms with van der Waals surface area (Å²) in [6, 6.07) is 23.8. The Kier molecular flexibility index (Phi) is 6.49. The molecule has 2 N–H and O–H groups in total. The number of hydrogen-bond donors (Lipinski definition) is 2. The molecule has 0 fully saturated rings. The highest BCUT2D eigenvalue weighted by Gasteiger charge is 2.13. The third kappa shape index (κ3) is 5.59. The van der Waals surface area contributed by atoms with Crippen LogP contribution >= 0.6 is 12.2 Å². The van der Waals surface area contributed by atoms with E-state index in [1.54, 1.807) is 0 Å². The van der Waals surface area contributed by atoms with Crippen LogP contribution in [-0.2, 0) is 0 Å². The third-order valence-corrected chi connectivity index (χ3v) is 4.49. The first-order chi connectivity index (χ1) is 13.1. The fourth-order valence-electron chi connectivity index (χ4n) is 3.03. The Morgan fingerprint density at radius 2 is 1.33 bits per heavy atom. The van der Waals surface area contributed by atoms with Crippen molar-refractivity contribution in [2.75, 3.05) is 11.9 Å². The molecule has 3 aromatic carbocycles. The summed E-state index contributed by atoms with van der Waals surface area (Å²) in [5, 5.41) is 6.27. The van der Waals surface area contributed by atoms with E-state index in [9.17, 15) is 8.78 Å². The van der Waals surface area contributed by atoms with Gasteiger partial charge in [-0.05, 0) is 41.9 Å². The van der Waals surface area contributed by atoms with Gasteiger partial charge in [-0.2, -0.15) is 0 Å². The molecule has 0 aliphatic rings. The van der Waals surface area contributed by atoms with Crippen molar-refractivity contribution in [1.29, 1.82) is 0 Å². The summed E-state index contributed by atoms with van der Waals surface area (Å²) in [5.74, 6) is -1.06. The molecule has 27 heavy (non-hydrogen) atoms. The van der Waals surface area contributed by atoms with Crippen molar-refractivity contribution >= 4 is 23.0 Å². The quantitative estimate of drug-likeness (QED) is 0.553. The lowest BCUT2D eigenvalue weighted by atomic mass is 9.88. The van der Waals surface area contributed by atoms with Crippen LogP contribution in [0.15, 0.2) is 78.9 Å². The number of halogens is 2. The predicted molar refractivity (Wildman–Crippen MR) is 110 cm³/mol. The molecule has 0 saturated heterocycles. The summed E-state index contributed by atoms with van der Waals surface area (Å²) >= 11 is 5.24. The molecular formula is C22H20F2N2S. The van der Waals surface area contributed by atoms with Crippen LogP contribution in [0.1, 0.15) is 23.5 Å². The van der Waals surface area contributed by atoms with E-state index in [2.05, 4.69) is 34.9 Å². The molecule has 0 amide bonds. The highest BCUT2D eigenvalue weighted by atomic mass is 32.1. The lowest BCUT2D eigenvalue weighted by Gasteiger charge is -2.19. The summed E-state index contributed by atoms with van der Waals surface area (Å²) in [6.07, 6.45) is 0.827. The van der Waals surface area contributed by atoms with Gasteiger partial charge in [0.25, 0.3) is 0 Å². The fourth-order valence-corrected chi connectivity index (χ4v) is 3.25. The van der Waals surface area contributed by atoms with Crippen molar-refractivity contribution in [2.24, 2.45) is 0 Å². The van der Waals surface area contributed by atoms with Gasteiger partial charge in [-0.15, -0.1) is 0 Å². The molecule has 138 valence electrons. The summed E-state index contributed by atoms with van der Waals surface area (Å²) in [7, 11) is 0. The van der Waals surface area contributed by atoms with E-state index < -0.39 is 11.6 Å². The van der Waals surface area contributed by atoms with Gasteiger partial charge in [-0.25, -0.2) is 8.78 Å². The number of benzene rings is 3. The molecule has 2 nitrogen and oxygen atoms in total. The van der Waals surface area contributed by atoms with E-state index in [4.69, 9.17) is 12.2 Å². The van der Waals surface area contributed by atoms with E-state index in [-0.39, 0.29) is 11.6 Å². The second-order valence-electron chi connectivity index (χ2n) is 6.20. The number of thiocarbonyl (C=S) groups is 1. The Morgan fingerprint density at radius 1 is 0.815 bits per heavy atom. The second-order valence-corrected chi connectivity index (χ2v) is 6.61. The van der Waals surface area contributed by atoms with Gasteiger partial charge in [0.1, 0.15) is 11.6 Å². The molecule has 0 heterocycles. The fraction of sp³-hybridized carbons (Fsp3) is 0.136. The molecular weight excluding hydrogens is 362 g/mol. The van der Waals surface area contributed by atoms with Crippen molar-refractivity contribution in [3.05, 3.63) is 102 Å². The van der Waals surface area contributed by atoms with E-state index in [1.807, 2.05) is 36.4 Å². The average molecular weight is 382 g/mol. The van der Waals surface area contributed by atoms with Crippen LogP contribution < -0.4 is 10.6 Å². The summed E-state index contributed by atoms with van der Waals surface area (Å²) < 4.78 is 26.5. The van der Waals surface area contributed by atoms with Gasteiger partial charge in [0.05, 0.1) is 0 Å². The zero-order chi connectivity index (χ0) is 19.1. The van der Waals surface area contributed by atoms with Crippen LogP contribution in [0.3, 0.4) is 0 Å². The lowest BCUT2D eigenvalue weighted by Crippen LogP contribution is -2.30. The Labute approximate surface area is 163 Å². The Bertz CT molecular complexity index is 826. The SMILES string of the molecule is Fc1cc(F)cc(NC(=S)NCCC(c2ccccc2)c2ccccc2)c1. The third-order valence-electron chi connectivity index (χ3n) is 4.24. The largest absolute Gasteiger partial charge is 0.362 e. The predicted octanol–water partition coefficient (Wildman–Crippen LogP) is 5.47. The summed E-state index contributed by atoms with van der Waals surface area (Å²) in [5.41, 5.74) is 2.75. The normalized spacial score (nSPS) is 10.6. The van der Waals surface area contributed by atoms with E-state index in [0.717, 1.165) is 12.5 Å². The maximum absolute atomic E-state index is 13.3. The maximum Gasteiger partial charge on any atom is 0.170 e. The van der Waals surface area contributed by atoms with Crippen LogP contribution in [-0.4, -0.2) is 11.7 Å². The van der Waals surface area contributed by atoms with Crippen molar-refractivity contribution < 1.29 is 8.78 Å². The molecule has 0 atom stereocenters. The first kappa shape index (κ1) is 19.0. The molecule has 0 saturated carbocycles. The standard InChI is InChI=1S/C22H20F2N2S/c23-18-13-19(24)15-20(14-18)26-22(27)25-12-11-21(16-7-3-1-4-8-16)17-9-5-2-6-10-17/h1-10,13-15,21H,11-12H2,(H2,25,26,27). The molecule has 0 bridgehead atoms. The van der Waals surface area contributed by atoms with E-state index in [1.165, 1.54) is 23.3 Å². The van der Waals surface area contributed by atoms with Crippen LogP contribution in [0, 0.1) is 11.6 Å². The average Bonchev–Trinajstić information content (AvgIpc) is 2.66. The zero-order valence-corrected chi connectivity index (χ0v) is 15.5. The van der Waals surface area contributed by atoms with Crippen LogP contribution in [0.2, 0.25) is 0 Å². The molecule has 3 rings (SSSR count). The molecule has 0 unspecified atom stereocenters. The molecule has 0 aromatic heterocycles. The Hall–Kier alpha value is -2.79. The molecule has 3 aromatic rings. The molecule has 0 aliphatic carbocycles. The number of rotatable bonds is 6. The lowest BCUT2D eigenvalue weighted by molar-refractivity contribution is 0.584. The minimum Gasteiger partial charge on any atom is -0.362 e. The highest BCUT2D eigenvalue weighted by molar-refractivity contribution is 7.80. The summed E-state index contributed by atoms with van der Waals surface area (Å²) in [4.78, 5) is 0. The minimum absolute atomic E-state index is 0.231. The first-order valence-corrected chi connectivity index (χ1v) is 9.13. The number of hydrogen-bond acceptors (Lipinski definition) is 1. The van der Waals surface area contributed by atoms with Crippen LogP contribution in [0.4, 0.5) is 14.5 Å². The molecule has 0 radical (unpaired) electrons. The molecule has 0 spiro atoms. The monoisotopic (exact) mass is 382 g/mol. The molecule has 5 heteroatoms. The summed E-state index contributed by atoms with van der Waals surface area (Å²) in [6.45, 7) is 0.623.